The van der Waals surface area contributed by atoms with Gasteiger partial charge in [-0.2, -0.15) is 12.7 Å². The minimum Gasteiger partial charge on any atom is -0.468 e. The van der Waals surface area contributed by atoms with E-state index in [2.05, 4.69) is 14.9 Å². The van der Waals surface area contributed by atoms with Gasteiger partial charge in [0.1, 0.15) is 18.4 Å². The Labute approximate surface area is 135 Å². The molecule has 3 heterocycles. The van der Waals surface area contributed by atoms with Gasteiger partial charge in [0.2, 0.25) is 0 Å². The Morgan fingerprint density at radius 2 is 2.13 bits per heavy atom. The number of aryl methyl sites for hydroxylation is 1. The standard InChI is InChI=1S/C14H21N5O3S/c20-23(21,17-7-1-2-8-18-11-15-16-12-18)19-9-3-5-13(19)14-6-4-10-22-14/h4,6,10-13,17H,1-3,5,7-9H2. The Morgan fingerprint density at radius 3 is 2.87 bits per heavy atom. The number of nitrogens with one attached hydrogen (secondary N) is 1. The molecule has 0 radical (unpaired) electrons. The largest absolute Gasteiger partial charge is 0.468 e. The van der Waals surface area contributed by atoms with Crippen LogP contribution in [0.2, 0.25) is 0 Å². The molecular formula is C14H21N5O3S. The van der Waals surface area contributed by atoms with E-state index in [9.17, 15) is 8.42 Å². The number of unbranched alkanes of at least 4 members (excludes halogenated alkanes) is 1. The zero-order chi connectivity index (χ0) is 16.1. The van der Waals surface area contributed by atoms with Crippen LogP contribution >= 0.6 is 0 Å². The third-order valence-electron chi connectivity index (χ3n) is 3.98. The first kappa shape index (κ1) is 16.2. The molecule has 1 N–H and O–H groups in total. The van der Waals surface area contributed by atoms with Crippen molar-refractivity contribution in [3.63, 3.8) is 0 Å². The van der Waals surface area contributed by atoms with Crippen molar-refractivity contribution in [2.24, 2.45) is 0 Å². The number of hydrogen-bond acceptors (Lipinski definition) is 5. The van der Waals surface area contributed by atoms with Crippen molar-refractivity contribution in [3.05, 3.63) is 36.8 Å². The van der Waals surface area contributed by atoms with E-state index in [0.717, 1.165) is 32.2 Å². The van der Waals surface area contributed by atoms with Gasteiger partial charge in [-0.25, -0.2) is 4.72 Å². The van der Waals surface area contributed by atoms with E-state index in [1.807, 2.05) is 10.6 Å². The maximum atomic E-state index is 12.5. The Morgan fingerprint density at radius 1 is 1.30 bits per heavy atom. The Bertz CT molecular complexity index is 684. The number of furan rings is 1. The highest BCUT2D eigenvalue weighted by molar-refractivity contribution is 7.87. The molecule has 1 unspecified atom stereocenters. The second-order valence-electron chi connectivity index (χ2n) is 5.59. The quantitative estimate of drug-likeness (QED) is 0.732. The third kappa shape index (κ3) is 3.98. The van der Waals surface area contributed by atoms with Crippen molar-refractivity contribution in [3.8, 4) is 0 Å². The number of aromatic nitrogens is 3. The van der Waals surface area contributed by atoms with Crippen molar-refractivity contribution >= 4 is 10.2 Å². The molecule has 1 fully saturated rings. The van der Waals surface area contributed by atoms with Crippen LogP contribution < -0.4 is 4.72 Å². The molecule has 1 aliphatic rings. The van der Waals surface area contributed by atoms with E-state index in [0.29, 0.717) is 18.8 Å². The average molecular weight is 339 g/mol. The van der Waals surface area contributed by atoms with Crippen LogP contribution in [0.25, 0.3) is 0 Å². The van der Waals surface area contributed by atoms with Crippen LogP contribution in [0.4, 0.5) is 0 Å². The Hall–Kier alpha value is -1.71. The van der Waals surface area contributed by atoms with Crippen molar-refractivity contribution in [2.45, 2.75) is 38.3 Å². The van der Waals surface area contributed by atoms with E-state index in [1.165, 1.54) is 4.31 Å². The first-order valence-corrected chi connectivity index (χ1v) is 9.23. The summed E-state index contributed by atoms with van der Waals surface area (Å²) in [5.41, 5.74) is 0. The zero-order valence-corrected chi connectivity index (χ0v) is 13.7. The van der Waals surface area contributed by atoms with Gasteiger partial charge in [0.15, 0.2) is 0 Å². The minimum atomic E-state index is -3.48. The van der Waals surface area contributed by atoms with Crippen molar-refractivity contribution in [2.75, 3.05) is 13.1 Å². The van der Waals surface area contributed by atoms with Crippen LogP contribution in [-0.2, 0) is 16.8 Å². The fraction of sp³-hybridized carbons (Fsp3) is 0.571. The molecule has 126 valence electrons. The molecule has 0 aliphatic carbocycles. The molecule has 3 rings (SSSR count). The number of rotatable bonds is 8. The first-order valence-electron chi connectivity index (χ1n) is 7.79. The van der Waals surface area contributed by atoms with Crippen molar-refractivity contribution < 1.29 is 12.8 Å². The topological polar surface area (TPSA) is 93.3 Å². The third-order valence-corrected chi connectivity index (χ3v) is 5.60. The number of hydrogen-bond donors (Lipinski definition) is 1. The lowest BCUT2D eigenvalue weighted by Gasteiger charge is -2.22. The molecule has 0 saturated carbocycles. The Kier molecular flexibility index (Phi) is 5.09. The summed E-state index contributed by atoms with van der Waals surface area (Å²) >= 11 is 0. The first-order chi connectivity index (χ1) is 11.2. The SMILES string of the molecule is O=S(=O)(NCCCCn1cnnc1)N1CCCC1c1ccco1. The molecule has 0 aromatic carbocycles. The maximum Gasteiger partial charge on any atom is 0.280 e. The molecule has 1 atom stereocenters. The second-order valence-corrected chi connectivity index (χ2v) is 7.30. The van der Waals surface area contributed by atoms with Crippen LogP contribution in [0.3, 0.4) is 0 Å². The van der Waals surface area contributed by atoms with Gasteiger partial charge in [-0.15, -0.1) is 10.2 Å². The highest BCUT2D eigenvalue weighted by Crippen LogP contribution is 2.33. The lowest BCUT2D eigenvalue weighted by molar-refractivity contribution is 0.335. The molecule has 0 spiro atoms. The van der Waals surface area contributed by atoms with Gasteiger partial charge in [-0.05, 0) is 37.8 Å². The molecule has 0 bridgehead atoms. The van der Waals surface area contributed by atoms with Gasteiger partial charge in [0.05, 0.1) is 12.3 Å². The van der Waals surface area contributed by atoms with Crippen LogP contribution in [0, 0.1) is 0 Å². The molecule has 1 saturated heterocycles. The molecule has 9 heteroatoms. The monoisotopic (exact) mass is 339 g/mol. The lowest BCUT2D eigenvalue weighted by atomic mass is 10.2. The Balaban J connectivity index is 1.48. The van der Waals surface area contributed by atoms with Crippen molar-refractivity contribution in [1.82, 2.24) is 23.8 Å². The van der Waals surface area contributed by atoms with Crippen LogP contribution in [0.5, 0.6) is 0 Å². The fourth-order valence-electron chi connectivity index (χ4n) is 2.83. The van der Waals surface area contributed by atoms with Crippen LogP contribution in [0.1, 0.15) is 37.5 Å². The summed E-state index contributed by atoms with van der Waals surface area (Å²) < 4.78 is 36.4. The molecule has 23 heavy (non-hydrogen) atoms. The van der Waals surface area contributed by atoms with E-state index in [4.69, 9.17) is 4.42 Å². The predicted octanol–water partition coefficient (Wildman–Crippen LogP) is 1.32. The molecule has 2 aromatic heterocycles. The molecular weight excluding hydrogens is 318 g/mol. The second kappa shape index (κ2) is 7.24. The molecule has 2 aromatic rings. The maximum absolute atomic E-state index is 12.5. The molecule has 0 amide bonds. The van der Waals surface area contributed by atoms with E-state index < -0.39 is 10.2 Å². The summed E-state index contributed by atoms with van der Waals surface area (Å²) in [6, 6.07) is 3.42. The van der Waals surface area contributed by atoms with Crippen LogP contribution in [-0.4, -0.2) is 40.6 Å². The molecule has 8 nitrogen and oxygen atoms in total. The van der Waals surface area contributed by atoms with E-state index >= 15 is 0 Å². The van der Waals surface area contributed by atoms with Gasteiger partial charge in [0.25, 0.3) is 10.2 Å². The van der Waals surface area contributed by atoms with Crippen LogP contribution in [0.15, 0.2) is 35.5 Å². The van der Waals surface area contributed by atoms with Crippen molar-refractivity contribution in [1.29, 1.82) is 0 Å². The molecule has 1 aliphatic heterocycles. The highest BCUT2D eigenvalue weighted by atomic mass is 32.2. The van der Waals surface area contributed by atoms with Gasteiger partial charge in [-0.1, -0.05) is 0 Å². The van der Waals surface area contributed by atoms with Gasteiger partial charge < -0.3 is 8.98 Å². The summed E-state index contributed by atoms with van der Waals surface area (Å²) in [7, 11) is -3.48. The lowest BCUT2D eigenvalue weighted by Crippen LogP contribution is -2.40. The summed E-state index contributed by atoms with van der Waals surface area (Å²) in [4.78, 5) is 0. The summed E-state index contributed by atoms with van der Waals surface area (Å²) in [5, 5.41) is 7.46. The zero-order valence-electron chi connectivity index (χ0n) is 12.8. The summed E-state index contributed by atoms with van der Waals surface area (Å²) in [5.74, 6) is 0.709. The van der Waals surface area contributed by atoms with Gasteiger partial charge in [0, 0.05) is 19.6 Å². The average Bonchev–Trinajstić information content (AvgIpc) is 3.27. The van der Waals surface area contributed by atoms with E-state index in [1.54, 1.807) is 25.0 Å². The predicted molar refractivity (Wildman–Crippen MR) is 83.6 cm³/mol. The smallest absolute Gasteiger partial charge is 0.280 e. The van der Waals surface area contributed by atoms with Gasteiger partial charge in [-0.3, -0.25) is 0 Å². The van der Waals surface area contributed by atoms with Gasteiger partial charge >= 0.3 is 0 Å². The summed E-state index contributed by atoms with van der Waals surface area (Å²) in [6.45, 7) is 1.74. The normalized spacial score (nSPS) is 19.4. The van der Waals surface area contributed by atoms with E-state index in [-0.39, 0.29) is 6.04 Å². The number of nitrogens with zero attached hydrogens (tertiary/aromatic N) is 4. The minimum absolute atomic E-state index is 0.195. The summed E-state index contributed by atoms with van der Waals surface area (Å²) in [6.07, 6.45) is 8.16. The highest BCUT2D eigenvalue weighted by Gasteiger charge is 2.36. The fourth-order valence-corrected chi connectivity index (χ4v) is 4.32.